The molecule has 3 heterocycles. The highest BCUT2D eigenvalue weighted by Crippen LogP contribution is 2.44. The van der Waals surface area contributed by atoms with E-state index in [1.165, 1.54) is 10.9 Å². The van der Waals surface area contributed by atoms with Crippen molar-refractivity contribution in [1.29, 1.82) is 0 Å². The zero-order valence-electron chi connectivity index (χ0n) is 11.9. The van der Waals surface area contributed by atoms with Crippen molar-refractivity contribution in [3.05, 3.63) is 65.4 Å². The highest BCUT2D eigenvalue weighted by atomic mass is 16.2. The van der Waals surface area contributed by atoms with E-state index in [1.54, 1.807) is 0 Å². The topological polar surface area (TPSA) is 56.9 Å². The molecule has 0 radical (unpaired) electrons. The summed E-state index contributed by atoms with van der Waals surface area (Å²) in [6.45, 7) is 0.788. The molecular weight excluding hydrogens is 274 g/mol. The molecule has 0 bridgehead atoms. The minimum absolute atomic E-state index is 0.00112. The molecule has 1 spiro atoms. The van der Waals surface area contributed by atoms with Gasteiger partial charge in [0.25, 0.3) is 5.91 Å². The Morgan fingerprint density at radius 2 is 1.82 bits per heavy atom. The number of benzene rings is 2. The number of hydrogen-bond donors (Lipinski definition) is 3. The first-order chi connectivity index (χ1) is 10.8. The fraction of sp³-hybridized carbons (Fsp3) is 0.167. The summed E-state index contributed by atoms with van der Waals surface area (Å²) >= 11 is 0. The molecule has 0 fully saturated rings. The molecule has 4 heteroatoms. The smallest absolute Gasteiger partial charge is 0.255 e. The second-order valence-electron chi connectivity index (χ2n) is 5.95. The maximum absolute atomic E-state index is 12.9. The second-order valence-corrected chi connectivity index (χ2v) is 5.95. The van der Waals surface area contributed by atoms with Crippen LogP contribution in [0.1, 0.15) is 16.8 Å². The molecule has 3 aromatic rings. The normalized spacial score (nSPS) is 22.6. The summed E-state index contributed by atoms with van der Waals surface area (Å²) in [7, 11) is 0. The molecule has 2 aliphatic heterocycles. The SMILES string of the molecule is O=C1Nc2ccccc2[C@@]12NCCc1c2[nH]c2ccccc12. The van der Waals surface area contributed by atoms with Crippen molar-refractivity contribution >= 4 is 22.5 Å². The molecule has 2 aliphatic rings. The lowest BCUT2D eigenvalue weighted by Crippen LogP contribution is -2.53. The minimum atomic E-state index is -0.788. The zero-order valence-corrected chi connectivity index (χ0v) is 11.9. The van der Waals surface area contributed by atoms with Crippen molar-refractivity contribution in [3.8, 4) is 0 Å². The summed E-state index contributed by atoms with van der Waals surface area (Å²) in [6, 6.07) is 16.2. The van der Waals surface area contributed by atoms with Crippen LogP contribution in [-0.4, -0.2) is 17.4 Å². The van der Waals surface area contributed by atoms with Gasteiger partial charge in [0.05, 0.1) is 5.69 Å². The second kappa shape index (κ2) is 3.99. The Kier molecular flexibility index (Phi) is 2.18. The number of anilines is 1. The first-order valence-electron chi connectivity index (χ1n) is 7.57. The van der Waals surface area contributed by atoms with Gasteiger partial charge in [-0.25, -0.2) is 0 Å². The lowest BCUT2D eigenvalue weighted by Gasteiger charge is -2.33. The maximum atomic E-state index is 12.9. The Hall–Kier alpha value is -2.59. The summed E-state index contributed by atoms with van der Waals surface area (Å²) in [5.74, 6) is 0.00112. The van der Waals surface area contributed by atoms with Gasteiger partial charge in [0.15, 0.2) is 5.54 Å². The summed E-state index contributed by atoms with van der Waals surface area (Å²) in [4.78, 5) is 16.4. The van der Waals surface area contributed by atoms with Crippen LogP contribution in [0, 0.1) is 0 Å². The molecule has 0 saturated carbocycles. The van der Waals surface area contributed by atoms with E-state index in [2.05, 4.69) is 27.8 Å². The number of rotatable bonds is 0. The number of hydrogen-bond acceptors (Lipinski definition) is 2. The molecule has 2 aromatic carbocycles. The van der Waals surface area contributed by atoms with Crippen LogP contribution in [0.4, 0.5) is 5.69 Å². The predicted octanol–water partition coefficient (Wildman–Crippen LogP) is 2.51. The number of carbonyl (C=O) groups is 1. The van der Waals surface area contributed by atoms with Gasteiger partial charge < -0.3 is 10.3 Å². The van der Waals surface area contributed by atoms with Gasteiger partial charge in [-0.1, -0.05) is 36.4 Å². The van der Waals surface area contributed by atoms with E-state index in [9.17, 15) is 4.79 Å². The largest absolute Gasteiger partial charge is 0.356 e. The summed E-state index contributed by atoms with van der Waals surface area (Å²) < 4.78 is 0. The Morgan fingerprint density at radius 3 is 2.77 bits per heavy atom. The number of para-hydroxylation sites is 2. The van der Waals surface area contributed by atoms with Crippen LogP contribution in [0.2, 0.25) is 0 Å². The van der Waals surface area contributed by atoms with Crippen LogP contribution < -0.4 is 10.6 Å². The Bertz CT molecular complexity index is 927. The lowest BCUT2D eigenvalue weighted by atomic mass is 9.82. The molecule has 5 rings (SSSR count). The van der Waals surface area contributed by atoms with E-state index in [-0.39, 0.29) is 5.91 Å². The number of H-pyrrole nitrogens is 1. The fourth-order valence-corrected chi connectivity index (χ4v) is 3.92. The van der Waals surface area contributed by atoms with Crippen molar-refractivity contribution in [3.63, 3.8) is 0 Å². The highest BCUT2D eigenvalue weighted by Gasteiger charge is 2.51. The summed E-state index contributed by atoms with van der Waals surface area (Å²) in [5, 5.41) is 7.71. The zero-order chi connectivity index (χ0) is 14.7. The summed E-state index contributed by atoms with van der Waals surface area (Å²) in [6.07, 6.45) is 0.927. The first-order valence-corrected chi connectivity index (χ1v) is 7.57. The Morgan fingerprint density at radius 1 is 1.00 bits per heavy atom. The number of fused-ring (bicyclic) bond motifs is 6. The van der Waals surface area contributed by atoms with Crippen molar-refractivity contribution in [2.24, 2.45) is 0 Å². The van der Waals surface area contributed by atoms with Crippen molar-refractivity contribution in [1.82, 2.24) is 10.3 Å². The van der Waals surface area contributed by atoms with Crippen molar-refractivity contribution < 1.29 is 4.79 Å². The van der Waals surface area contributed by atoms with E-state index in [1.807, 2.05) is 36.4 Å². The van der Waals surface area contributed by atoms with Crippen LogP contribution in [0.25, 0.3) is 10.9 Å². The molecular formula is C18H15N3O. The maximum Gasteiger partial charge on any atom is 0.255 e. The number of carbonyl (C=O) groups excluding carboxylic acids is 1. The predicted molar refractivity (Wildman–Crippen MR) is 85.9 cm³/mol. The van der Waals surface area contributed by atoms with E-state index in [0.29, 0.717) is 0 Å². The van der Waals surface area contributed by atoms with E-state index in [0.717, 1.165) is 35.4 Å². The number of aromatic amines is 1. The standard InChI is InChI=1S/C18H15N3O/c22-17-18(13-6-2-4-8-15(13)21-17)16-12(9-10-19-18)11-5-1-3-7-14(11)20-16/h1-8,19-20H,9-10H2,(H,21,22)/t18-/m0/s1. The Balaban J connectivity index is 1.87. The highest BCUT2D eigenvalue weighted by molar-refractivity contribution is 6.09. The number of aromatic nitrogens is 1. The first kappa shape index (κ1) is 12.0. The van der Waals surface area contributed by atoms with Crippen molar-refractivity contribution in [2.75, 3.05) is 11.9 Å². The molecule has 0 unspecified atom stereocenters. The van der Waals surface area contributed by atoms with Gasteiger partial charge >= 0.3 is 0 Å². The van der Waals surface area contributed by atoms with E-state index < -0.39 is 5.54 Å². The van der Waals surface area contributed by atoms with Gasteiger partial charge in [0, 0.05) is 28.7 Å². The average Bonchev–Trinajstić information content (AvgIpc) is 3.06. The van der Waals surface area contributed by atoms with Crippen molar-refractivity contribution in [2.45, 2.75) is 12.0 Å². The van der Waals surface area contributed by atoms with Gasteiger partial charge in [-0.05, 0) is 24.1 Å². The van der Waals surface area contributed by atoms with Crippen LogP contribution >= 0.6 is 0 Å². The third kappa shape index (κ3) is 1.28. The summed E-state index contributed by atoms with van der Waals surface area (Å²) in [5.41, 5.74) is 4.44. The lowest BCUT2D eigenvalue weighted by molar-refractivity contribution is -0.120. The molecule has 108 valence electrons. The molecule has 22 heavy (non-hydrogen) atoms. The monoisotopic (exact) mass is 289 g/mol. The van der Waals surface area contributed by atoms with Gasteiger partial charge in [-0.15, -0.1) is 0 Å². The molecule has 1 amide bonds. The quantitative estimate of drug-likeness (QED) is 0.595. The van der Waals surface area contributed by atoms with Gasteiger partial charge in [0.2, 0.25) is 0 Å². The molecule has 1 aromatic heterocycles. The van der Waals surface area contributed by atoms with Crippen LogP contribution in [0.5, 0.6) is 0 Å². The van der Waals surface area contributed by atoms with Crippen LogP contribution in [-0.2, 0) is 16.8 Å². The molecule has 3 N–H and O–H groups in total. The van der Waals surface area contributed by atoms with Crippen LogP contribution in [0.15, 0.2) is 48.5 Å². The van der Waals surface area contributed by atoms with Gasteiger partial charge in [-0.2, -0.15) is 0 Å². The van der Waals surface area contributed by atoms with Crippen LogP contribution in [0.3, 0.4) is 0 Å². The molecule has 4 nitrogen and oxygen atoms in total. The van der Waals surface area contributed by atoms with Gasteiger partial charge in [-0.3, -0.25) is 10.1 Å². The fourth-order valence-electron chi connectivity index (χ4n) is 3.92. The third-order valence-electron chi connectivity index (χ3n) is 4.87. The van der Waals surface area contributed by atoms with E-state index in [4.69, 9.17) is 0 Å². The number of amides is 1. The molecule has 0 saturated heterocycles. The average molecular weight is 289 g/mol. The van der Waals surface area contributed by atoms with Gasteiger partial charge in [0.1, 0.15) is 0 Å². The van der Waals surface area contributed by atoms with E-state index >= 15 is 0 Å². The Labute approximate surface area is 127 Å². The molecule has 1 atom stereocenters. The minimum Gasteiger partial charge on any atom is -0.356 e. The molecule has 0 aliphatic carbocycles. The number of nitrogens with one attached hydrogen (secondary N) is 3. The third-order valence-corrected chi connectivity index (χ3v) is 4.87.